The highest BCUT2D eigenvalue weighted by Gasteiger charge is 1.98. The summed E-state index contributed by atoms with van der Waals surface area (Å²) in [5.41, 5.74) is 6.26. The van der Waals surface area contributed by atoms with E-state index >= 15 is 0 Å². The van der Waals surface area contributed by atoms with Crippen molar-refractivity contribution in [3.8, 4) is 11.8 Å². The molecular formula is C14H19N3O2. The number of hydrogen-bond acceptors (Lipinski definition) is 4. The molecular weight excluding hydrogens is 242 g/mol. The van der Waals surface area contributed by atoms with Gasteiger partial charge in [0.2, 0.25) is 0 Å². The molecule has 1 aromatic rings. The third-order valence-electron chi connectivity index (χ3n) is 2.23. The van der Waals surface area contributed by atoms with E-state index in [2.05, 4.69) is 19.0 Å². The van der Waals surface area contributed by atoms with E-state index < -0.39 is 0 Å². The lowest BCUT2D eigenvalue weighted by molar-refractivity contribution is 0.106. The molecule has 0 saturated heterocycles. The Kier molecular flexibility index (Phi) is 6.23. The molecule has 19 heavy (non-hydrogen) atoms. The Balaban J connectivity index is 2.22. The van der Waals surface area contributed by atoms with Crippen LogP contribution >= 0.6 is 0 Å². The number of amidine groups is 1. The molecule has 102 valence electrons. The van der Waals surface area contributed by atoms with Crippen LogP contribution in [0.15, 0.2) is 29.4 Å². The average molecular weight is 261 g/mol. The second kappa shape index (κ2) is 7.98. The standard InChI is InChI=1S/C14H19N3O2/c1-11(2)9-14(16)17-19-8-7-18-13-5-3-12(10-15)4-6-13/h3-6,11H,7-9H2,1-2H3,(H2,16,17). The van der Waals surface area contributed by atoms with Gasteiger partial charge in [0.05, 0.1) is 11.6 Å². The van der Waals surface area contributed by atoms with Crippen molar-refractivity contribution >= 4 is 5.84 Å². The average Bonchev–Trinajstić information content (AvgIpc) is 2.38. The molecule has 2 N–H and O–H groups in total. The van der Waals surface area contributed by atoms with Crippen molar-refractivity contribution < 1.29 is 9.57 Å². The zero-order valence-corrected chi connectivity index (χ0v) is 11.3. The van der Waals surface area contributed by atoms with Crippen LogP contribution in [0, 0.1) is 17.2 Å². The van der Waals surface area contributed by atoms with Gasteiger partial charge in [0.25, 0.3) is 0 Å². The summed E-state index contributed by atoms with van der Waals surface area (Å²) in [6, 6.07) is 8.94. The molecule has 0 heterocycles. The molecule has 1 aromatic carbocycles. The monoisotopic (exact) mass is 261 g/mol. The fourth-order valence-corrected chi connectivity index (χ4v) is 1.41. The van der Waals surface area contributed by atoms with Crippen LogP contribution in [0.5, 0.6) is 5.75 Å². The number of hydrogen-bond donors (Lipinski definition) is 1. The molecule has 0 spiro atoms. The van der Waals surface area contributed by atoms with Gasteiger partial charge in [-0.2, -0.15) is 5.26 Å². The lowest BCUT2D eigenvalue weighted by Gasteiger charge is -2.06. The van der Waals surface area contributed by atoms with Crippen LogP contribution in [0.25, 0.3) is 0 Å². The Morgan fingerprint density at radius 1 is 1.32 bits per heavy atom. The van der Waals surface area contributed by atoms with Crippen molar-refractivity contribution in [1.82, 2.24) is 0 Å². The number of nitrogens with two attached hydrogens (primary N) is 1. The van der Waals surface area contributed by atoms with Crippen LogP contribution in [0.1, 0.15) is 25.8 Å². The fraction of sp³-hybridized carbons (Fsp3) is 0.429. The molecule has 1 rings (SSSR count). The molecule has 0 aliphatic heterocycles. The summed E-state index contributed by atoms with van der Waals surface area (Å²) in [6.45, 7) is 4.84. The highest BCUT2D eigenvalue weighted by molar-refractivity contribution is 5.79. The molecule has 0 aliphatic carbocycles. The summed E-state index contributed by atoms with van der Waals surface area (Å²) in [5.74, 6) is 1.65. The first kappa shape index (κ1) is 14.8. The molecule has 5 nitrogen and oxygen atoms in total. The number of ether oxygens (including phenoxy) is 1. The van der Waals surface area contributed by atoms with Gasteiger partial charge in [-0.15, -0.1) is 0 Å². The van der Waals surface area contributed by atoms with Gasteiger partial charge in [-0.3, -0.25) is 0 Å². The summed E-state index contributed by atoms with van der Waals surface area (Å²) in [5, 5.41) is 12.4. The summed E-state index contributed by atoms with van der Waals surface area (Å²) in [4.78, 5) is 5.05. The minimum atomic E-state index is 0.332. The number of oxime groups is 1. The molecule has 0 atom stereocenters. The molecule has 0 unspecified atom stereocenters. The molecule has 0 bridgehead atoms. The molecule has 0 radical (unpaired) electrons. The van der Waals surface area contributed by atoms with E-state index in [0.717, 1.165) is 6.42 Å². The largest absolute Gasteiger partial charge is 0.490 e. The van der Waals surface area contributed by atoms with Gasteiger partial charge in [-0.1, -0.05) is 19.0 Å². The maximum atomic E-state index is 8.65. The maximum absolute atomic E-state index is 8.65. The van der Waals surface area contributed by atoms with E-state index in [4.69, 9.17) is 20.6 Å². The van der Waals surface area contributed by atoms with Crippen LogP contribution < -0.4 is 10.5 Å². The molecule has 0 aliphatic rings. The predicted molar refractivity (Wildman–Crippen MR) is 73.7 cm³/mol. The summed E-state index contributed by atoms with van der Waals surface area (Å²) < 4.78 is 5.42. The molecule has 0 aromatic heterocycles. The number of nitrogens with zero attached hydrogens (tertiary/aromatic N) is 2. The maximum Gasteiger partial charge on any atom is 0.151 e. The predicted octanol–water partition coefficient (Wildman–Crippen LogP) is 2.27. The molecule has 0 amide bonds. The van der Waals surface area contributed by atoms with Gasteiger partial charge in [0, 0.05) is 6.42 Å². The second-order valence-corrected chi connectivity index (χ2v) is 4.50. The van der Waals surface area contributed by atoms with Gasteiger partial charge in [-0.25, -0.2) is 0 Å². The fourth-order valence-electron chi connectivity index (χ4n) is 1.41. The Labute approximate surface area is 113 Å². The Morgan fingerprint density at radius 2 is 2.00 bits per heavy atom. The molecule has 0 fully saturated rings. The van der Waals surface area contributed by atoms with E-state index in [9.17, 15) is 0 Å². The van der Waals surface area contributed by atoms with E-state index in [1.54, 1.807) is 24.3 Å². The minimum absolute atomic E-state index is 0.332. The van der Waals surface area contributed by atoms with Crippen LogP contribution in [-0.4, -0.2) is 19.0 Å². The Bertz CT molecular complexity index is 447. The Morgan fingerprint density at radius 3 is 2.58 bits per heavy atom. The highest BCUT2D eigenvalue weighted by atomic mass is 16.6. The number of rotatable bonds is 7. The normalized spacial score (nSPS) is 11.2. The summed E-state index contributed by atoms with van der Waals surface area (Å²) in [6.07, 6.45) is 0.719. The van der Waals surface area contributed by atoms with Crippen molar-refractivity contribution in [2.24, 2.45) is 16.8 Å². The van der Waals surface area contributed by atoms with E-state index in [0.29, 0.717) is 36.3 Å². The van der Waals surface area contributed by atoms with Crippen LogP contribution in [-0.2, 0) is 4.84 Å². The SMILES string of the molecule is CC(C)CC(N)=NOCCOc1ccc(C#N)cc1. The topological polar surface area (TPSA) is 80.6 Å². The lowest BCUT2D eigenvalue weighted by atomic mass is 10.1. The van der Waals surface area contributed by atoms with Gasteiger partial charge in [0.1, 0.15) is 18.2 Å². The zero-order chi connectivity index (χ0) is 14.1. The highest BCUT2D eigenvalue weighted by Crippen LogP contribution is 2.11. The Hall–Kier alpha value is -2.22. The quantitative estimate of drug-likeness (QED) is 0.353. The van der Waals surface area contributed by atoms with Crippen LogP contribution in [0.3, 0.4) is 0 Å². The van der Waals surface area contributed by atoms with Crippen molar-refractivity contribution in [2.45, 2.75) is 20.3 Å². The van der Waals surface area contributed by atoms with Gasteiger partial charge in [0.15, 0.2) is 6.61 Å². The summed E-state index contributed by atoms with van der Waals surface area (Å²) in [7, 11) is 0. The second-order valence-electron chi connectivity index (χ2n) is 4.50. The van der Waals surface area contributed by atoms with Crippen molar-refractivity contribution in [1.29, 1.82) is 5.26 Å². The zero-order valence-electron chi connectivity index (χ0n) is 11.3. The van der Waals surface area contributed by atoms with E-state index in [-0.39, 0.29) is 0 Å². The van der Waals surface area contributed by atoms with Crippen molar-refractivity contribution in [3.63, 3.8) is 0 Å². The summed E-state index contributed by atoms with van der Waals surface area (Å²) >= 11 is 0. The molecule has 5 heteroatoms. The first-order valence-electron chi connectivity index (χ1n) is 6.19. The van der Waals surface area contributed by atoms with Crippen LogP contribution in [0.4, 0.5) is 0 Å². The smallest absolute Gasteiger partial charge is 0.151 e. The van der Waals surface area contributed by atoms with Crippen molar-refractivity contribution in [2.75, 3.05) is 13.2 Å². The number of nitriles is 1. The van der Waals surface area contributed by atoms with Gasteiger partial charge >= 0.3 is 0 Å². The van der Waals surface area contributed by atoms with E-state index in [1.165, 1.54) is 0 Å². The van der Waals surface area contributed by atoms with Gasteiger partial charge in [-0.05, 0) is 30.2 Å². The molecule has 0 saturated carbocycles. The minimum Gasteiger partial charge on any atom is -0.490 e. The van der Waals surface area contributed by atoms with Crippen LogP contribution in [0.2, 0.25) is 0 Å². The first-order valence-corrected chi connectivity index (χ1v) is 6.19. The third kappa shape index (κ3) is 6.32. The lowest BCUT2D eigenvalue weighted by Crippen LogP contribution is -2.15. The third-order valence-corrected chi connectivity index (χ3v) is 2.23. The van der Waals surface area contributed by atoms with E-state index in [1.807, 2.05) is 6.07 Å². The first-order chi connectivity index (χ1) is 9.11. The number of benzene rings is 1. The van der Waals surface area contributed by atoms with Crippen molar-refractivity contribution in [3.05, 3.63) is 29.8 Å². The van der Waals surface area contributed by atoms with Gasteiger partial charge < -0.3 is 15.3 Å².